The number of H-pyrrole nitrogens is 1. The molecule has 7 rings (SSSR count). The minimum Gasteiger partial charge on any atom is -0.461 e. The Kier molecular flexibility index (Phi) is 13.0. The molecule has 268 valence electrons. The molecule has 15 nitrogen and oxygen atoms in total. The van der Waals surface area contributed by atoms with Gasteiger partial charge in [0.15, 0.2) is 21.4 Å². The Morgan fingerprint density at radius 1 is 0.792 bits per heavy atom. The van der Waals surface area contributed by atoms with Crippen molar-refractivity contribution in [3.8, 4) is 0 Å². The Morgan fingerprint density at radius 2 is 1.45 bits per heavy atom. The predicted octanol–water partition coefficient (Wildman–Crippen LogP) is 5.27. The number of carbonyl (C=O) groups excluding carboxylic acids is 5. The zero-order chi connectivity index (χ0) is 38.7. The summed E-state index contributed by atoms with van der Waals surface area (Å²) >= 11 is 2.59. The number of esters is 1. The Hall–Kier alpha value is -7.03. The van der Waals surface area contributed by atoms with Crippen LogP contribution in [0.25, 0.3) is 36.9 Å². The van der Waals surface area contributed by atoms with Crippen molar-refractivity contribution in [1.82, 2.24) is 19.9 Å². The number of aryl methyl sites for hydroxylation is 1. The molecule has 0 spiro atoms. The fourth-order valence-electron chi connectivity index (χ4n) is 4.48. The third kappa shape index (κ3) is 10.0. The maximum Gasteiger partial charge on any atom is 0.356 e. The molecule has 17 heteroatoms. The molecule has 0 fully saturated rings. The largest absolute Gasteiger partial charge is 0.461 e. The van der Waals surface area contributed by atoms with Crippen LogP contribution in [-0.2, 0) is 4.74 Å². The summed E-state index contributed by atoms with van der Waals surface area (Å²) in [6.45, 7) is 10.4. The van der Waals surface area contributed by atoms with Crippen LogP contribution >= 0.6 is 22.7 Å². The van der Waals surface area contributed by atoms with E-state index >= 15 is 0 Å². The molecule has 9 N–H and O–H groups in total. The Balaban J connectivity index is 0.000000168. The number of ether oxygens (including phenoxy) is 1. The smallest absolute Gasteiger partial charge is 0.356 e. The highest BCUT2D eigenvalue weighted by molar-refractivity contribution is 7.20. The Labute approximate surface area is 309 Å². The molecule has 3 aromatic carbocycles. The normalized spacial score (nSPS) is 10.1. The molecule has 4 amide bonds. The number of aromatic amines is 1. The van der Waals surface area contributed by atoms with E-state index < -0.39 is 29.6 Å². The molecule has 7 aromatic rings. The third-order valence-corrected chi connectivity index (χ3v) is 8.86. The van der Waals surface area contributed by atoms with Gasteiger partial charge in [-0.1, -0.05) is 54.6 Å². The number of nitrogens with two attached hydrogens (primary N) is 4. The molecule has 0 saturated carbocycles. The lowest BCUT2D eigenvalue weighted by atomic mass is 10.1. The molecule has 0 bridgehead atoms. The van der Waals surface area contributed by atoms with E-state index in [4.69, 9.17) is 34.2 Å². The Bertz CT molecular complexity index is 2470. The van der Waals surface area contributed by atoms with Crippen LogP contribution in [0.1, 0.15) is 63.6 Å². The summed E-state index contributed by atoms with van der Waals surface area (Å²) < 4.78 is 5.93. The van der Waals surface area contributed by atoms with E-state index in [0.717, 1.165) is 32.2 Å². The van der Waals surface area contributed by atoms with Gasteiger partial charge in [-0.05, 0) is 38.1 Å². The van der Waals surface area contributed by atoms with Crippen molar-refractivity contribution in [1.29, 1.82) is 0 Å². The van der Waals surface area contributed by atoms with Crippen molar-refractivity contribution in [2.45, 2.75) is 13.8 Å². The molecule has 0 aliphatic heterocycles. The molecule has 0 atom stereocenters. The van der Waals surface area contributed by atoms with Gasteiger partial charge < -0.3 is 32.7 Å². The molecule has 53 heavy (non-hydrogen) atoms. The van der Waals surface area contributed by atoms with Crippen LogP contribution in [0.5, 0.6) is 0 Å². The van der Waals surface area contributed by atoms with E-state index in [9.17, 15) is 24.0 Å². The van der Waals surface area contributed by atoms with Gasteiger partial charge in [0.1, 0.15) is 5.69 Å². The van der Waals surface area contributed by atoms with Crippen molar-refractivity contribution in [2.75, 3.05) is 6.61 Å². The summed E-state index contributed by atoms with van der Waals surface area (Å²) in [5.74, 6) is -2.66. The van der Waals surface area contributed by atoms with E-state index in [2.05, 4.69) is 24.8 Å². The van der Waals surface area contributed by atoms with Crippen molar-refractivity contribution in [2.24, 2.45) is 22.9 Å². The number of aromatic nitrogens is 4. The highest BCUT2D eigenvalue weighted by atomic mass is 32.1. The molecule has 4 heterocycles. The quantitative estimate of drug-likeness (QED) is 0.109. The van der Waals surface area contributed by atoms with Crippen LogP contribution < -0.4 is 22.9 Å². The van der Waals surface area contributed by atoms with Crippen molar-refractivity contribution < 1.29 is 28.7 Å². The molecule has 0 aliphatic rings. The minimum atomic E-state index is -0.697. The van der Waals surface area contributed by atoms with Crippen LogP contribution in [-0.4, -0.2) is 56.1 Å². The van der Waals surface area contributed by atoms with E-state index in [0.29, 0.717) is 26.8 Å². The van der Waals surface area contributed by atoms with Crippen LogP contribution in [0.2, 0.25) is 0 Å². The van der Waals surface area contributed by atoms with Gasteiger partial charge in [0.2, 0.25) is 5.91 Å². The number of nitrogens with zero attached hydrogens (tertiary/aromatic N) is 4. The first-order valence-corrected chi connectivity index (χ1v) is 17.1. The van der Waals surface area contributed by atoms with E-state index in [-0.39, 0.29) is 18.0 Å². The lowest BCUT2D eigenvalue weighted by Crippen LogP contribution is -2.17. The summed E-state index contributed by atoms with van der Waals surface area (Å²) in [5, 5.41) is 4.16. The van der Waals surface area contributed by atoms with Gasteiger partial charge in [-0.2, -0.15) is 0 Å². The first-order chi connectivity index (χ1) is 25.3. The molecular formula is C36H31N9O6S2. The van der Waals surface area contributed by atoms with Crippen LogP contribution in [0, 0.1) is 13.5 Å². The predicted molar refractivity (Wildman–Crippen MR) is 203 cm³/mol. The van der Waals surface area contributed by atoms with Gasteiger partial charge in [0, 0.05) is 32.9 Å². The molecule has 4 aromatic heterocycles. The van der Waals surface area contributed by atoms with Crippen molar-refractivity contribution in [3.05, 3.63) is 128 Å². The number of hydrogen-bond donors (Lipinski definition) is 5. The third-order valence-electron chi connectivity index (χ3n) is 6.83. The fourth-order valence-corrected chi connectivity index (χ4v) is 5.94. The number of benzene rings is 3. The number of primary amides is 4. The van der Waals surface area contributed by atoms with Gasteiger partial charge in [-0.3, -0.25) is 19.2 Å². The first kappa shape index (κ1) is 38.8. The van der Waals surface area contributed by atoms with Gasteiger partial charge in [-0.15, -0.1) is 22.7 Å². The Morgan fingerprint density at radius 3 is 2.00 bits per heavy atom. The molecule has 0 saturated heterocycles. The number of nitrogens with one attached hydrogen (secondary N) is 1. The second-order valence-electron chi connectivity index (χ2n) is 10.6. The summed E-state index contributed by atoms with van der Waals surface area (Å²) in [6.07, 6.45) is 0. The van der Waals surface area contributed by atoms with E-state index in [1.54, 1.807) is 30.5 Å². The van der Waals surface area contributed by atoms with E-state index in [1.807, 2.05) is 55.5 Å². The standard InChI is InChI=1S/C15H13N3O3.C8H6N2OS.C8H6N2O.C5H6N2OS/c1-2-21-15(20)11-7-9-8-5-3-4-6-10(8)17-12(9)13(18-11)14(16)19;9-7(11)8-10-5-3-1-2-4-6(5)12-8;1-10-7-4-2-6(3-5-7)8(9)11;1-3-2-9-5(7-3)4(6)8/h3-7,17H,2H2,1H3,(H2,16,19);1-4H,(H2,9,11);2-5H,(H2,9,11);2H,1H3,(H2,6,8). The fraction of sp³-hybridized carbons (Fsp3) is 0.0833. The average Bonchev–Trinajstić information content (AvgIpc) is 3.89. The zero-order valence-corrected chi connectivity index (χ0v) is 29.8. The first-order valence-electron chi connectivity index (χ1n) is 15.4. The minimum absolute atomic E-state index is 0.0340. The number of amides is 4. The number of thiazole rings is 2. The summed E-state index contributed by atoms with van der Waals surface area (Å²) in [6, 6.07) is 22.9. The lowest BCUT2D eigenvalue weighted by Gasteiger charge is -2.04. The van der Waals surface area contributed by atoms with Gasteiger partial charge in [-0.25, -0.2) is 24.6 Å². The summed E-state index contributed by atoms with van der Waals surface area (Å²) in [4.78, 5) is 73.4. The number of rotatable bonds is 6. The van der Waals surface area contributed by atoms with Gasteiger partial charge >= 0.3 is 5.97 Å². The van der Waals surface area contributed by atoms with Crippen LogP contribution in [0.4, 0.5) is 5.69 Å². The van der Waals surface area contributed by atoms with Crippen molar-refractivity contribution in [3.63, 3.8) is 0 Å². The maximum atomic E-state index is 11.9. The average molecular weight is 750 g/mol. The number of para-hydroxylation sites is 2. The highest BCUT2D eigenvalue weighted by Gasteiger charge is 2.19. The summed E-state index contributed by atoms with van der Waals surface area (Å²) in [7, 11) is 0. The van der Waals surface area contributed by atoms with Crippen molar-refractivity contribution >= 4 is 90.0 Å². The second kappa shape index (κ2) is 17.8. The number of pyridine rings is 1. The zero-order valence-electron chi connectivity index (χ0n) is 28.2. The maximum absolute atomic E-state index is 11.9. The molecular weight excluding hydrogens is 719 g/mol. The molecule has 0 unspecified atom stereocenters. The highest BCUT2D eigenvalue weighted by Crippen LogP contribution is 2.28. The number of carbonyl (C=O) groups is 5. The monoisotopic (exact) mass is 749 g/mol. The van der Waals surface area contributed by atoms with Crippen LogP contribution in [0.3, 0.4) is 0 Å². The number of hydrogen-bond acceptors (Lipinski definition) is 11. The number of fused-ring (bicyclic) bond motifs is 4. The molecule has 0 radical (unpaired) electrons. The topological polar surface area (TPSA) is 257 Å². The van der Waals surface area contributed by atoms with Crippen LogP contribution in [0.15, 0.2) is 84.2 Å². The second-order valence-corrected chi connectivity index (χ2v) is 12.5. The SMILES string of the molecule is CCOC(=O)c1cc2c([nH]c3ccccc32)c(C(N)=O)n1.Cc1csc(C(N)=O)n1.NC(=O)c1nc2ccccc2s1.[C-]#[N+]c1ccc(C(N)=O)cc1. The van der Waals surface area contributed by atoms with Gasteiger partial charge in [0.25, 0.3) is 17.7 Å². The van der Waals surface area contributed by atoms with Gasteiger partial charge in [0.05, 0.1) is 28.9 Å². The lowest BCUT2D eigenvalue weighted by molar-refractivity contribution is 0.0519. The summed E-state index contributed by atoms with van der Waals surface area (Å²) in [5.41, 5.74) is 24.5. The van der Waals surface area contributed by atoms with E-state index in [1.165, 1.54) is 34.8 Å². The molecule has 0 aliphatic carbocycles.